The molecule has 0 amide bonds. The van der Waals surface area contributed by atoms with Crippen molar-refractivity contribution in [1.82, 2.24) is 0 Å². The van der Waals surface area contributed by atoms with Gasteiger partial charge in [-0.3, -0.25) is 0 Å². The van der Waals surface area contributed by atoms with E-state index in [1.54, 1.807) is 6.26 Å². The van der Waals surface area contributed by atoms with E-state index in [0.29, 0.717) is 11.8 Å². The summed E-state index contributed by atoms with van der Waals surface area (Å²) in [6.45, 7) is 8.63. The quantitative estimate of drug-likeness (QED) is 0.690. The molecule has 0 fully saturated rings. The molecule has 1 aromatic carbocycles. The van der Waals surface area contributed by atoms with Gasteiger partial charge in [0.05, 0.1) is 6.26 Å². The van der Waals surface area contributed by atoms with Gasteiger partial charge in [-0.05, 0) is 23.6 Å². The van der Waals surface area contributed by atoms with E-state index < -0.39 is 0 Å². The van der Waals surface area contributed by atoms with Crippen LogP contribution in [-0.4, -0.2) is 0 Å². The van der Waals surface area contributed by atoms with E-state index in [1.807, 2.05) is 18.2 Å². The highest BCUT2D eigenvalue weighted by atomic mass is 16.3. The molecule has 0 unspecified atom stereocenters. The van der Waals surface area contributed by atoms with Gasteiger partial charge in [0, 0.05) is 5.92 Å². The lowest BCUT2D eigenvalue weighted by Gasteiger charge is -2.01. The summed E-state index contributed by atoms with van der Waals surface area (Å²) >= 11 is 0. The zero-order valence-electron chi connectivity index (χ0n) is 11.2. The average Bonchev–Trinajstić information content (AvgIpc) is 2.84. The lowest BCUT2D eigenvalue weighted by molar-refractivity contribution is 0.487. The van der Waals surface area contributed by atoms with Crippen molar-refractivity contribution in [3.05, 3.63) is 60.1 Å². The fourth-order valence-corrected chi connectivity index (χ4v) is 1.46. The maximum Gasteiger partial charge on any atom is 0.106 e. The third-order valence-corrected chi connectivity index (χ3v) is 2.58. The highest BCUT2D eigenvalue weighted by molar-refractivity contribution is 5.17. The van der Waals surface area contributed by atoms with Crippen LogP contribution in [0.3, 0.4) is 0 Å². The predicted molar refractivity (Wildman–Crippen MR) is 73.3 cm³/mol. The first-order chi connectivity index (χ1) is 8.11. The van der Waals surface area contributed by atoms with Gasteiger partial charge in [-0.1, -0.05) is 58.0 Å². The van der Waals surface area contributed by atoms with Crippen LogP contribution in [0.15, 0.2) is 53.1 Å². The van der Waals surface area contributed by atoms with Gasteiger partial charge in [-0.25, -0.2) is 0 Å². The Morgan fingerprint density at radius 1 is 0.765 bits per heavy atom. The van der Waals surface area contributed by atoms with Gasteiger partial charge >= 0.3 is 0 Å². The SMILES string of the molecule is CC(C)c1ccccc1.CC(C)c1ccco1. The molecule has 0 radical (unpaired) electrons. The molecule has 1 nitrogen and oxygen atoms in total. The standard InChI is InChI=1S/C9H12.C7H10O/c1-8(2)9-6-4-3-5-7-9;1-6(2)7-4-3-5-8-7/h3-8H,1-2H3;3-6H,1-2H3. The molecular weight excluding hydrogens is 208 g/mol. The van der Waals surface area contributed by atoms with Crippen molar-refractivity contribution in [2.45, 2.75) is 39.5 Å². The minimum absolute atomic E-state index is 0.519. The molecular formula is C16H22O. The monoisotopic (exact) mass is 230 g/mol. The van der Waals surface area contributed by atoms with Crippen LogP contribution in [0.2, 0.25) is 0 Å². The first-order valence-electron chi connectivity index (χ1n) is 6.19. The number of furan rings is 1. The van der Waals surface area contributed by atoms with E-state index in [0.717, 1.165) is 5.76 Å². The summed E-state index contributed by atoms with van der Waals surface area (Å²) in [6, 6.07) is 14.4. The van der Waals surface area contributed by atoms with E-state index in [4.69, 9.17) is 4.42 Å². The molecule has 0 aliphatic heterocycles. The van der Waals surface area contributed by atoms with Gasteiger partial charge < -0.3 is 4.42 Å². The Kier molecular flexibility index (Phi) is 5.55. The lowest BCUT2D eigenvalue weighted by atomic mass is 10.0. The molecule has 0 bridgehead atoms. The summed E-state index contributed by atoms with van der Waals surface area (Å²) in [5, 5.41) is 0. The fourth-order valence-electron chi connectivity index (χ4n) is 1.46. The molecule has 92 valence electrons. The van der Waals surface area contributed by atoms with Crippen LogP contribution in [-0.2, 0) is 0 Å². The first kappa shape index (κ1) is 13.6. The topological polar surface area (TPSA) is 13.1 Å². The minimum Gasteiger partial charge on any atom is -0.469 e. The Morgan fingerprint density at radius 2 is 1.41 bits per heavy atom. The van der Waals surface area contributed by atoms with Crippen LogP contribution < -0.4 is 0 Å². The molecule has 0 saturated carbocycles. The van der Waals surface area contributed by atoms with Crippen LogP contribution in [0.4, 0.5) is 0 Å². The third-order valence-electron chi connectivity index (χ3n) is 2.58. The van der Waals surface area contributed by atoms with E-state index in [2.05, 4.69) is 52.0 Å². The van der Waals surface area contributed by atoms with Crippen molar-refractivity contribution < 1.29 is 4.42 Å². The molecule has 0 spiro atoms. The van der Waals surface area contributed by atoms with E-state index in [-0.39, 0.29) is 0 Å². The predicted octanol–water partition coefficient (Wildman–Crippen LogP) is 5.21. The zero-order valence-corrected chi connectivity index (χ0v) is 11.2. The van der Waals surface area contributed by atoms with Gasteiger partial charge in [0.1, 0.15) is 5.76 Å². The normalized spacial score (nSPS) is 10.2. The Labute approximate surface area is 104 Å². The summed E-state index contributed by atoms with van der Waals surface area (Å²) < 4.78 is 5.09. The van der Waals surface area contributed by atoms with Crippen LogP contribution in [0.5, 0.6) is 0 Å². The van der Waals surface area contributed by atoms with Crippen molar-refractivity contribution in [2.75, 3.05) is 0 Å². The number of hydrogen-bond acceptors (Lipinski definition) is 1. The molecule has 17 heavy (non-hydrogen) atoms. The minimum atomic E-state index is 0.519. The Morgan fingerprint density at radius 3 is 1.71 bits per heavy atom. The van der Waals surface area contributed by atoms with Crippen molar-refractivity contribution in [3.63, 3.8) is 0 Å². The molecule has 0 saturated heterocycles. The number of benzene rings is 1. The Balaban J connectivity index is 0.000000171. The van der Waals surface area contributed by atoms with Gasteiger partial charge in [-0.2, -0.15) is 0 Å². The molecule has 1 aromatic heterocycles. The summed E-state index contributed by atoms with van der Waals surface area (Å²) in [4.78, 5) is 0. The van der Waals surface area contributed by atoms with Crippen molar-refractivity contribution in [2.24, 2.45) is 0 Å². The van der Waals surface area contributed by atoms with Crippen LogP contribution >= 0.6 is 0 Å². The summed E-state index contributed by atoms with van der Waals surface area (Å²) in [5.74, 6) is 2.24. The fraction of sp³-hybridized carbons (Fsp3) is 0.375. The molecule has 0 aliphatic carbocycles. The van der Waals surface area contributed by atoms with Crippen LogP contribution in [0.25, 0.3) is 0 Å². The summed E-state index contributed by atoms with van der Waals surface area (Å²) in [6.07, 6.45) is 1.70. The maximum atomic E-state index is 5.09. The Hall–Kier alpha value is -1.50. The third kappa shape index (κ3) is 4.90. The smallest absolute Gasteiger partial charge is 0.106 e. The second-order valence-electron chi connectivity index (χ2n) is 4.74. The summed E-state index contributed by atoms with van der Waals surface area (Å²) in [5.41, 5.74) is 1.41. The highest BCUT2D eigenvalue weighted by Gasteiger charge is 1.98. The molecule has 1 heteroatoms. The maximum absolute atomic E-state index is 5.09. The second kappa shape index (κ2) is 6.95. The molecule has 0 atom stereocenters. The zero-order chi connectivity index (χ0) is 12.7. The number of hydrogen-bond donors (Lipinski definition) is 0. The largest absolute Gasteiger partial charge is 0.469 e. The van der Waals surface area contributed by atoms with Gasteiger partial charge in [0.2, 0.25) is 0 Å². The van der Waals surface area contributed by atoms with Crippen molar-refractivity contribution in [1.29, 1.82) is 0 Å². The molecule has 2 aromatic rings. The van der Waals surface area contributed by atoms with E-state index in [9.17, 15) is 0 Å². The molecule has 0 N–H and O–H groups in total. The van der Waals surface area contributed by atoms with Gasteiger partial charge in [0.25, 0.3) is 0 Å². The molecule has 2 rings (SSSR count). The summed E-state index contributed by atoms with van der Waals surface area (Å²) in [7, 11) is 0. The van der Waals surface area contributed by atoms with Crippen molar-refractivity contribution in [3.8, 4) is 0 Å². The van der Waals surface area contributed by atoms with Gasteiger partial charge in [-0.15, -0.1) is 0 Å². The van der Waals surface area contributed by atoms with Crippen LogP contribution in [0, 0.1) is 0 Å². The lowest BCUT2D eigenvalue weighted by Crippen LogP contribution is -1.83. The molecule has 1 heterocycles. The van der Waals surface area contributed by atoms with Gasteiger partial charge in [0.15, 0.2) is 0 Å². The Bertz CT molecular complexity index is 385. The van der Waals surface area contributed by atoms with Crippen LogP contribution in [0.1, 0.15) is 50.9 Å². The molecule has 0 aliphatic rings. The van der Waals surface area contributed by atoms with E-state index >= 15 is 0 Å². The first-order valence-corrected chi connectivity index (χ1v) is 6.19. The highest BCUT2D eigenvalue weighted by Crippen LogP contribution is 2.13. The van der Waals surface area contributed by atoms with E-state index in [1.165, 1.54) is 5.56 Å². The number of rotatable bonds is 2. The second-order valence-corrected chi connectivity index (χ2v) is 4.74. The average molecular weight is 230 g/mol. The van der Waals surface area contributed by atoms with Crippen molar-refractivity contribution >= 4 is 0 Å².